The normalized spacial score (nSPS) is 28.2. The molecule has 0 bridgehead atoms. The number of sulfonamides is 1. The summed E-state index contributed by atoms with van der Waals surface area (Å²) in [6.45, 7) is 3.57. The van der Waals surface area contributed by atoms with Crippen molar-refractivity contribution in [2.75, 3.05) is 13.7 Å². The molecule has 5 unspecified atom stereocenters. The third kappa shape index (κ3) is 7.17. The molecule has 13 nitrogen and oxygen atoms in total. The fourth-order valence-corrected chi connectivity index (χ4v) is 10.6. The third-order valence-electron chi connectivity index (χ3n) is 12.5. The first kappa shape index (κ1) is 39.3. The van der Waals surface area contributed by atoms with E-state index in [0.29, 0.717) is 56.4 Å². The van der Waals surface area contributed by atoms with E-state index in [9.17, 15) is 32.0 Å². The van der Waals surface area contributed by atoms with E-state index < -0.39 is 73.4 Å². The maximum absolute atomic E-state index is 14.8. The van der Waals surface area contributed by atoms with E-state index in [1.54, 1.807) is 14.0 Å². The Balaban J connectivity index is 1.16. The van der Waals surface area contributed by atoms with Crippen LogP contribution in [0.4, 0.5) is 4.39 Å². The lowest BCUT2D eigenvalue weighted by molar-refractivity contribution is -0.141. The van der Waals surface area contributed by atoms with Gasteiger partial charge in [-0.3, -0.25) is 23.9 Å². The fraction of sp³-hybridized carbons (Fsp3) is 0.537. The summed E-state index contributed by atoms with van der Waals surface area (Å²) in [6, 6.07) is 4.66. The Kier molecular flexibility index (Phi) is 10.1. The Morgan fingerprint density at radius 3 is 2.67 bits per heavy atom. The smallest absolute Gasteiger partial charge is 0.265 e. The minimum absolute atomic E-state index is 0.00232. The molecule has 8 rings (SSSR count). The molecule has 304 valence electrons. The molecule has 57 heavy (non-hydrogen) atoms. The summed E-state index contributed by atoms with van der Waals surface area (Å²) >= 11 is 0.933. The first-order valence-electron chi connectivity index (χ1n) is 19.8. The molecule has 5 heterocycles. The lowest BCUT2D eigenvalue weighted by Crippen LogP contribution is -2.58. The highest BCUT2D eigenvalue weighted by Crippen LogP contribution is 2.49. The molecule has 1 saturated heterocycles. The second-order valence-electron chi connectivity index (χ2n) is 16.4. The second-order valence-corrected chi connectivity index (χ2v) is 19.5. The number of methoxy groups -OCH3 is 1. The van der Waals surface area contributed by atoms with Gasteiger partial charge in [-0.15, -0.1) is 11.3 Å². The molecule has 2 aliphatic carbocycles. The zero-order valence-corrected chi connectivity index (χ0v) is 34.0. The highest BCUT2D eigenvalue weighted by atomic mass is 32.2. The van der Waals surface area contributed by atoms with Gasteiger partial charge in [0.15, 0.2) is 0 Å². The van der Waals surface area contributed by atoms with Crippen molar-refractivity contribution in [3.63, 3.8) is 0 Å². The van der Waals surface area contributed by atoms with Crippen LogP contribution in [-0.4, -0.2) is 83.6 Å². The number of benzene rings is 1. The fourth-order valence-electron chi connectivity index (χ4n) is 8.62. The zero-order chi connectivity index (χ0) is 40.3. The Labute approximate surface area is 335 Å². The van der Waals surface area contributed by atoms with Gasteiger partial charge in [0.25, 0.3) is 11.8 Å². The van der Waals surface area contributed by atoms with Gasteiger partial charge in [-0.05, 0) is 94.4 Å². The van der Waals surface area contributed by atoms with Gasteiger partial charge in [-0.25, -0.2) is 17.8 Å². The van der Waals surface area contributed by atoms with Gasteiger partial charge in [0, 0.05) is 23.3 Å². The zero-order valence-electron chi connectivity index (χ0n) is 32.3. The molecule has 3 fully saturated rings. The number of carbonyl (C=O) groups is 4. The largest absolute Gasteiger partial charge is 0.497 e. The van der Waals surface area contributed by atoms with E-state index in [0.717, 1.165) is 46.3 Å². The van der Waals surface area contributed by atoms with Crippen LogP contribution in [0.3, 0.4) is 0 Å². The Hall–Kier alpha value is -4.57. The number of amides is 4. The molecule has 16 heteroatoms. The maximum Gasteiger partial charge on any atom is 0.265 e. The summed E-state index contributed by atoms with van der Waals surface area (Å²) in [5.74, 6) is -2.55. The number of allylic oxidation sites excluding steroid dienone is 1. The molecule has 2 saturated carbocycles. The van der Waals surface area contributed by atoms with Gasteiger partial charge in [0.2, 0.25) is 21.8 Å². The van der Waals surface area contributed by atoms with Crippen molar-refractivity contribution in [2.45, 2.75) is 119 Å². The SMILES string of the molecule is CCc1nc2ccc(OC)cc2c2c1OC1(CC2)CC2C(=O)NC3(C(=O)NS(=O)(=O)C4(C)CC4)CC3C=CCCCCCC(NC(=O)c3sccc3F)C(=O)N2C1. The van der Waals surface area contributed by atoms with E-state index in [4.69, 9.17) is 14.5 Å². The molecular weight excluding hydrogens is 774 g/mol. The van der Waals surface area contributed by atoms with Gasteiger partial charge in [-0.1, -0.05) is 31.9 Å². The Bertz CT molecular complexity index is 2290. The molecule has 3 aromatic rings. The molecule has 1 spiro atoms. The summed E-state index contributed by atoms with van der Waals surface area (Å²) < 4.78 is 54.7. The molecule has 1 aromatic carbocycles. The number of halogens is 1. The predicted octanol–water partition coefficient (Wildman–Crippen LogP) is 4.86. The third-order valence-corrected chi connectivity index (χ3v) is 15.6. The van der Waals surface area contributed by atoms with E-state index in [-0.39, 0.29) is 30.7 Å². The van der Waals surface area contributed by atoms with E-state index in [2.05, 4.69) is 15.4 Å². The van der Waals surface area contributed by atoms with Gasteiger partial charge < -0.3 is 25.0 Å². The van der Waals surface area contributed by atoms with Crippen LogP contribution in [0.15, 0.2) is 41.8 Å². The number of pyridine rings is 1. The average Bonchev–Trinajstić information content (AvgIpc) is 4.01. The number of hydrogen-bond donors (Lipinski definition) is 3. The molecule has 2 aromatic heterocycles. The van der Waals surface area contributed by atoms with Crippen LogP contribution in [0, 0.1) is 11.7 Å². The van der Waals surface area contributed by atoms with Crippen LogP contribution in [0.1, 0.15) is 99.0 Å². The van der Waals surface area contributed by atoms with Crippen molar-refractivity contribution < 1.29 is 41.5 Å². The molecule has 3 aliphatic heterocycles. The minimum Gasteiger partial charge on any atom is -0.497 e. The van der Waals surface area contributed by atoms with Crippen LogP contribution in [0.2, 0.25) is 0 Å². The molecular formula is C41H48FN5O8S2. The summed E-state index contributed by atoms with van der Waals surface area (Å²) in [5.41, 5.74) is -0.0877. The molecule has 0 radical (unpaired) electrons. The number of carbonyl (C=O) groups excluding carboxylic acids is 4. The highest BCUT2D eigenvalue weighted by molar-refractivity contribution is 7.91. The molecule has 4 amide bonds. The van der Waals surface area contributed by atoms with Gasteiger partial charge in [-0.2, -0.15) is 0 Å². The second kappa shape index (κ2) is 14.7. The van der Waals surface area contributed by atoms with E-state index in [1.807, 2.05) is 37.3 Å². The Morgan fingerprint density at radius 2 is 1.95 bits per heavy atom. The van der Waals surface area contributed by atoms with Crippen molar-refractivity contribution in [2.24, 2.45) is 5.92 Å². The van der Waals surface area contributed by atoms with Crippen LogP contribution in [0.25, 0.3) is 10.9 Å². The number of thiophene rings is 1. The lowest BCUT2D eigenvalue weighted by Gasteiger charge is -2.37. The van der Waals surface area contributed by atoms with Crippen molar-refractivity contribution in [3.8, 4) is 11.5 Å². The van der Waals surface area contributed by atoms with Crippen LogP contribution in [-0.2, 0) is 37.2 Å². The maximum atomic E-state index is 14.8. The van der Waals surface area contributed by atoms with E-state index >= 15 is 0 Å². The Morgan fingerprint density at radius 1 is 1.14 bits per heavy atom. The van der Waals surface area contributed by atoms with Gasteiger partial charge in [0.05, 0.1) is 29.6 Å². The number of nitrogens with one attached hydrogen (secondary N) is 3. The number of rotatable bonds is 7. The minimum atomic E-state index is -4.01. The number of fused-ring (bicyclic) bond motifs is 5. The average molecular weight is 822 g/mol. The number of ether oxygens (including phenoxy) is 2. The number of aryl methyl sites for hydroxylation is 2. The first-order valence-corrected chi connectivity index (χ1v) is 22.2. The lowest BCUT2D eigenvalue weighted by atomic mass is 9.87. The topological polar surface area (TPSA) is 173 Å². The highest BCUT2D eigenvalue weighted by Gasteiger charge is 2.64. The van der Waals surface area contributed by atoms with Crippen molar-refractivity contribution in [1.82, 2.24) is 25.2 Å². The molecule has 5 atom stereocenters. The van der Waals surface area contributed by atoms with Gasteiger partial charge in [0.1, 0.15) is 45.4 Å². The summed E-state index contributed by atoms with van der Waals surface area (Å²) in [4.78, 5) is 63.1. The predicted molar refractivity (Wildman–Crippen MR) is 211 cm³/mol. The standard InChI is InChI=1S/C41H48FN5O8S2/c1-4-29-33-26(27-20-25(54-3)12-13-30(27)43-29)14-16-40(55-33)22-32-35(48)45-41(38(51)46-57(52,53)39(2)17-18-39)21-24(41)10-8-6-5-7-9-11-31(37(50)47(32)23-40)44-36(49)34-28(42)15-19-56-34/h8,10,12-13,15,19-20,24,31-32H,4-7,9,11,14,16-18,21-23H2,1-3H3,(H,44,49)(H,45,48)(H,46,51). The first-order chi connectivity index (χ1) is 27.2. The number of aromatic nitrogens is 1. The number of hydrogen-bond acceptors (Lipinski definition) is 10. The van der Waals surface area contributed by atoms with E-state index in [1.165, 1.54) is 16.3 Å². The quantitative estimate of drug-likeness (QED) is 0.282. The monoisotopic (exact) mass is 821 g/mol. The number of nitrogens with zero attached hydrogens (tertiary/aromatic N) is 2. The van der Waals surface area contributed by atoms with Crippen LogP contribution < -0.4 is 24.8 Å². The van der Waals surface area contributed by atoms with Crippen molar-refractivity contribution in [1.29, 1.82) is 0 Å². The molecule has 3 N–H and O–H groups in total. The van der Waals surface area contributed by atoms with Crippen molar-refractivity contribution >= 4 is 55.9 Å². The summed E-state index contributed by atoms with van der Waals surface area (Å²) in [5, 5.41) is 8.06. The van der Waals surface area contributed by atoms with Crippen LogP contribution in [0.5, 0.6) is 11.5 Å². The molecule has 5 aliphatic rings. The van der Waals surface area contributed by atoms with Gasteiger partial charge >= 0.3 is 0 Å². The summed E-state index contributed by atoms with van der Waals surface area (Å²) in [7, 11) is -2.42. The van der Waals surface area contributed by atoms with Crippen molar-refractivity contribution in [3.05, 3.63) is 63.7 Å². The summed E-state index contributed by atoms with van der Waals surface area (Å²) in [6.07, 6.45) is 9.45. The van der Waals surface area contributed by atoms with Crippen LogP contribution >= 0.6 is 11.3 Å².